The van der Waals surface area contributed by atoms with E-state index in [1.54, 1.807) is 23.1 Å². The number of aliphatic carboxylic acids is 1. The molecule has 0 bridgehead atoms. The van der Waals surface area contributed by atoms with Crippen molar-refractivity contribution in [3.8, 4) is 0 Å². The molecule has 4 aromatic rings. The van der Waals surface area contributed by atoms with Gasteiger partial charge in [-0.05, 0) is 61.2 Å². The maximum Gasteiger partial charge on any atom is 0.303 e. The van der Waals surface area contributed by atoms with Crippen molar-refractivity contribution >= 4 is 55.9 Å². The van der Waals surface area contributed by atoms with Crippen LogP contribution >= 0.6 is 0 Å². The first-order valence-electron chi connectivity index (χ1n) is 17.9. The smallest absolute Gasteiger partial charge is 0.303 e. The van der Waals surface area contributed by atoms with Crippen LogP contribution in [0.4, 0.5) is 17.2 Å². The molecule has 0 aliphatic carbocycles. The molecule has 54 heavy (non-hydrogen) atoms. The minimum absolute atomic E-state index is 0.0283. The monoisotopic (exact) mass is 757 g/mol. The molecule has 2 N–H and O–H groups in total. The number of pyridine rings is 1. The number of fused-ring (bicyclic) bond motifs is 1. The summed E-state index contributed by atoms with van der Waals surface area (Å²) in [4.78, 5) is 58.4. The van der Waals surface area contributed by atoms with Crippen LogP contribution in [-0.4, -0.2) is 107 Å². The standard InChI is InChI=1S/C38H43N7O8S/c1-27-23-35(42-19-21-43(22-20-42)37(47)13-14-38(48)49)40-32-12-11-29(24-31(27)32)39-36(46)26-44(54(52,53)34-10-6-5-9-33(34)45(50)51)30-15-17-41(18-16-30)25-28-7-3-2-4-8-28/h2-12,23-24,30H,13-22,25-26H2,1H3,(H,39,46)(H,48,49). The molecule has 15 nitrogen and oxygen atoms in total. The van der Waals surface area contributed by atoms with Gasteiger partial charge < -0.3 is 20.2 Å². The van der Waals surface area contributed by atoms with E-state index in [0.717, 1.165) is 32.7 Å². The predicted octanol–water partition coefficient (Wildman–Crippen LogP) is 4.26. The summed E-state index contributed by atoms with van der Waals surface area (Å²) in [5, 5.41) is 24.4. The van der Waals surface area contributed by atoms with Crippen LogP contribution in [0.25, 0.3) is 10.9 Å². The first kappa shape index (κ1) is 38.3. The van der Waals surface area contributed by atoms with E-state index in [-0.39, 0.29) is 18.7 Å². The third-order valence-electron chi connectivity index (χ3n) is 9.96. The molecule has 3 aromatic carbocycles. The van der Waals surface area contributed by atoms with Gasteiger partial charge in [0.1, 0.15) is 5.82 Å². The Balaban J connectivity index is 1.16. The van der Waals surface area contributed by atoms with Gasteiger partial charge in [0.15, 0.2) is 4.90 Å². The lowest BCUT2D eigenvalue weighted by atomic mass is 10.0. The molecular formula is C38H43N7O8S. The first-order valence-corrected chi connectivity index (χ1v) is 19.3. The average molecular weight is 758 g/mol. The molecule has 0 atom stereocenters. The number of rotatable bonds is 13. The fraction of sp³-hybridized carbons (Fsp3) is 0.368. The molecule has 0 radical (unpaired) electrons. The number of hydrogen-bond acceptors (Lipinski definition) is 10. The summed E-state index contributed by atoms with van der Waals surface area (Å²) in [6, 6.07) is 21.8. The predicted molar refractivity (Wildman–Crippen MR) is 203 cm³/mol. The van der Waals surface area contributed by atoms with E-state index >= 15 is 0 Å². The number of aromatic nitrogens is 1. The number of sulfonamides is 1. The van der Waals surface area contributed by atoms with Gasteiger partial charge in [-0.15, -0.1) is 0 Å². The van der Waals surface area contributed by atoms with Crippen LogP contribution in [0.5, 0.6) is 0 Å². The van der Waals surface area contributed by atoms with Crippen molar-refractivity contribution in [1.82, 2.24) is 19.1 Å². The molecule has 2 saturated heterocycles. The van der Waals surface area contributed by atoms with Crippen molar-refractivity contribution in [2.75, 3.05) is 56.0 Å². The van der Waals surface area contributed by atoms with Crippen molar-refractivity contribution in [3.05, 3.63) is 100 Å². The van der Waals surface area contributed by atoms with E-state index in [0.29, 0.717) is 69.9 Å². The Hall–Kier alpha value is -5.45. The van der Waals surface area contributed by atoms with Crippen LogP contribution in [0.1, 0.15) is 36.8 Å². The molecule has 284 valence electrons. The highest BCUT2D eigenvalue weighted by Crippen LogP contribution is 2.31. The summed E-state index contributed by atoms with van der Waals surface area (Å²) >= 11 is 0. The number of likely N-dealkylation sites (tertiary alicyclic amines) is 1. The Kier molecular flexibility index (Phi) is 11.8. The van der Waals surface area contributed by atoms with E-state index in [2.05, 4.69) is 15.1 Å². The van der Waals surface area contributed by atoms with Gasteiger partial charge in [-0.25, -0.2) is 13.4 Å². The van der Waals surface area contributed by atoms with Crippen molar-refractivity contribution in [3.63, 3.8) is 0 Å². The lowest BCUT2D eigenvalue weighted by Crippen LogP contribution is -2.49. The van der Waals surface area contributed by atoms with E-state index in [4.69, 9.17) is 10.1 Å². The van der Waals surface area contributed by atoms with Crippen LogP contribution in [0, 0.1) is 17.0 Å². The zero-order valence-corrected chi connectivity index (χ0v) is 30.8. The van der Waals surface area contributed by atoms with Crippen LogP contribution in [0.15, 0.2) is 83.8 Å². The number of nitrogens with one attached hydrogen (secondary N) is 1. The average Bonchev–Trinajstić information content (AvgIpc) is 3.17. The van der Waals surface area contributed by atoms with Gasteiger partial charge in [0.2, 0.25) is 11.8 Å². The first-order chi connectivity index (χ1) is 25.9. The lowest BCUT2D eigenvalue weighted by molar-refractivity contribution is -0.387. The summed E-state index contributed by atoms with van der Waals surface area (Å²) in [7, 11) is -4.46. The van der Waals surface area contributed by atoms with Crippen LogP contribution in [0.3, 0.4) is 0 Å². The summed E-state index contributed by atoms with van der Waals surface area (Å²) in [5.41, 5.74) is 2.62. The minimum atomic E-state index is -4.46. The van der Waals surface area contributed by atoms with E-state index < -0.39 is 50.0 Å². The number of anilines is 2. The summed E-state index contributed by atoms with van der Waals surface area (Å²) < 4.78 is 29.5. The number of carbonyl (C=O) groups excluding carboxylic acids is 2. The maximum absolute atomic E-state index is 14.2. The summed E-state index contributed by atoms with van der Waals surface area (Å²) in [6.07, 6.45) is 0.662. The normalized spacial score (nSPS) is 15.7. The number of benzene rings is 3. The zero-order chi connectivity index (χ0) is 38.4. The zero-order valence-electron chi connectivity index (χ0n) is 30.0. The number of nitro benzene ring substituents is 1. The molecule has 0 unspecified atom stereocenters. The third-order valence-corrected chi connectivity index (χ3v) is 11.9. The highest BCUT2D eigenvalue weighted by molar-refractivity contribution is 7.89. The number of piperazine rings is 1. The van der Waals surface area contributed by atoms with Gasteiger partial charge in [-0.2, -0.15) is 4.31 Å². The van der Waals surface area contributed by atoms with Crippen molar-refractivity contribution in [2.24, 2.45) is 0 Å². The second-order valence-corrected chi connectivity index (χ2v) is 15.5. The summed E-state index contributed by atoms with van der Waals surface area (Å²) in [6.45, 7) is 5.28. The van der Waals surface area contributed by atoms with E-state index in [1.165, 1.54) is 18.2 Å². The van der Waals surface area contributed by atoms with Crippen molar-refractivity contribution < 1.29 is 32.8 Å². The molecule has 0 spiro atoms. The second kappa shape index (κ2) is 16.7. The van der Waals surface area contributed by atoms with Gasteiger partial charge >= 0.3 is 5.97 Å². The number of carboxylic acids is 1. The van der Waals surface area contributed by atoms with E-state index in [1.807, 2.05) is 43.3 Å². The van der Waals surface area contributed by atoms with Gasteiger partial charge in [0.25, 0.3) is 15.7 Å². The van der Waals surface area contributed by atoms with Crippen molar-refractivity contribution in [2.45, 2.75) is 50.1 Å². The van der Waals surface area contributed by atoms with Crippen LogP contribution < -0.4 is 10.2 Å². The molecule has 0 saturated carbocycles. The van der Waals surface area contributed by atoms with Crippen LogP contribution in [0.2, 0.25) is 0 Å². The van der Waals surface area contributed by atoms with E-state index in [9.17, 15) is 32.9 Å². The molecule has 2 amide bonds. The van der Waals surface area contributed by atoms with Gasteiger partial charge in [0.05, 0.1) is 23.4 Å². The molecular weight excluding hydrogens is 715 g/mol. The quantitative estimate of drug-likeness (QED) is 0.147. The molecule has 3 heterocycles. The second-order valence-electron chi connectivity index (χ2n) is 13.6. The van der Waals surface area contributed by atoms with Crippen LogP contribution in [-0.2, 0) is 31.0 Å². The van der Waals surface area contributed by atoms with Crippen molar-refractivity contribution in [1.29, 1.82) is 0 Å². The molecule has 6 rings (SSSR count). The topological polar surface area (TPSA) is 187 Å². The molecule has 2 aliphatic rings. The van der Waals surface area contributed by atoms with Gasteiger partial charge in [-0.3, -0.25) is 29.4 Å². The fourth-order valence-electron chi connectivity index (χ4n) is 7.09. The van der Waals surface area contributed by atoms with Gasteiger partial charge in [-0.1, -0.05) is 42.5 Å². The fourth-order valence-corrected chi connectivity index (χ4v) is 8.89. The number of para-hydroxylation sites is 1. The Morgan fingerprint density at radius 3 is 2.30 bits per heavy atom. The number of nitro groups is 1. The highest BCUT2D eigenvalue weighted by Gasteiger charge is 2.38. The number of nitrogens with zero attached hydrogens (tertiary/aromatic N) is 6. The highest BCUT2D eigenvalue weighted by atomic mass is 32.2. The molecule has 1 aromatic heterocycles. The maximum atomic E-state index is 14.2. The lowest BCUT2D eigenvalue weighted by Gasteiger charge is -2.37. The third kappa shape index (κ3) is 9.01. The van der Waals surface area contributed by atoms with Gasteiger partial charge in [0, 0.05) is 75.4 Å². The minimum Gasteiger partial charge on any atom is -0.481 e. The SMILES string of the molecule is Cc1cc(N2CCN(C(=O)CCC(=O)O)CC2)nc2ccc(NC(=O)CN(C3CCN(Cc4ccccc4)CC3)S(=O)(=O)c3ccccc3[N+](=O)[O-])cc12. The number of piperidine rings is 1. The Bertz CT molecular complexity index is 2130. The number of carboxylic acid groups (broad SMARTS) is 1. The molecule has 16 heteroatoms. The largest absolute Gasteiger partial charge is 0.481 e. The number of carbonyl (C=O) groups is 3. The number of aryl methyl sites for hydroxylation is 1. The summed E-state index contributed by atoms with van der Waals surface area (Å²) in [5.74, 6) is -1.03. The molecule has 2 fully saturated rings. The number of amides is 2. The number of hydrogen-bond donors (Lipinski definition) is 2. The Morgan fingerprint density at radius 2 is 1.61 bits per heavy atom. The Labute approximate surface area is 313 Å². The Morgan fingerprint density at radius 1 is 0.926 bits per heavy atom. The molecule has 2 aliphatic heterocycles.